The van der Waals surface area contributed by atoms with Gasteiger partial charge in [-0.2, -0.15) is 0 Å². The molecule has 0 bridgehead atoms. The van der Waals surface area contributed by atoms with Crippen molar-refractivity contribution in [1.29, 1.82) is 0 Å². The van der Waals surface area contributed by atoms with Crippen LogP contribution in [0.5, 0.6) is 0 Å². The third-order valence-corrected chi connectivity index (χ3v) is 4.39. The normalized spacial score (nSPS) is 11.0. The summed E-state index contributed by atoms with van der Waals surface area (Å²) >= 11 is 1.47. The Morgan fingerprint density at radius 1 is 1.32 bits per heavy atom. The summed E-state index contributed by atoms with van der Waals surface area (Å²) in [4.78, 5) is 17.0. The number of rotatable bonds is 8. The van der Waals surface area contributed by atoms with Crippen LogP contribution >= 0.6 is 11.3 Å². The molecule has 0 aliphatic carbocycles. The molecule has 8 nitrogen and oxygen atoms in total. The molecule has 2 aromatic heterocycles. The van der Waals surface area contributed by atoms with Crippen LogP contribution < -0.4 is 10.6 Å². The van der Waals surface area contributed by atoms with Crippen LogP contribution in [-0.2, 0) is 4.74 Å². The Morgan fingerprint density at radius 3 is 2.84 bits per heavy atom. The molecule has 0 atom stereocenters. The minimum atomic E-state index is -0.211. The molecule has 25 heavy (non-hydrogen) atoms. The molecular formula is C16H19N5O3S. The van der Waals surface area contributed by atoms with E-state index in [1.54, 1.807) is 30.0 Å². The Hall–Kier alpha value is -2.49. The van der Waals surface area contributed by atoms with Gasteiger partial charge in [0.15, 0.2) is 0 Å². The molecule has 0 aliphatic heterocycles. The van der Waals surface area contributed by atoms with E-state index in [4.69, 9.17) is 9.84 Å². The minimum Gasteiger partial charge on any atom is -0.395 e. The number of fused-ring (bicyclic) bond motifs is 1. The number of methoxy groups -OCH3 is 1. The molecule has 1 aromatic carbocycles. The zero-order chi connectivity index (χ0) is 17.6. The van der Waals surface area contributed by atoms with Crippen LogP contribution in [0.25, 0.3) is 16.2 Å². The predicted molar refractivity (Wildman–Crippen MR) is 96.1 cm³/mol. The van der Waals surface area contributed by atoms with Crippen molar-refractivity contribution in [3.63, 3.8) is 0 Å². The van der Waals surface area contributed by atoms with Gasteiger partial charge in [-0.05, 0) is 12.1 Å². The molecular weight excluding hydrogens is 342 g/mol. The first-order valence-electron chi connectivity index (χ1n) is 7.80. The number of amides is 1. The molecule has 3 N–H and O–H groups in total. The third kappa shape index (κ3) is 3.95. The average Bonchev–Trinajstić information content (AvgIpc) is 3.20. The summed E-state index contributed by atoms with van der Waals surface area (Å²) in [6, 6.07) is 7.19. The lowest BCUT2D eigenvalue weighted by Gasteiger charge is -2.04. The largest absolute Gasteiger partial charge is 0.395 e. The molecule has 3 aromatic rings. The molecule has 1 amide bonds. The number of aliphatic hydroxyl groups is 1. The van der Waals surface area contributed by atoms with E-state index in [-0.39, 0.29) is 19.1 Å². The SMILES string of the molecule is COCCNc1nn2c(-c3ccc(C(=O)NCCO)cc3)cnc2s1. The summed E-state index contributed by atoms with van der Waals surface area (Å²) in [6.07, 6.45) is 1.76. The number of aromatic nitrogens is 3. The number of carbonyl (C=O) groups is 1. The maximum Gasteiger partial charge on any atom is 0.251 e. The fourth-order valence-corrected chi connectivity index (χ4v) is 3.09. The molecule has 0 saturated heterocycles. The zero-order valence-corrected chi connectivity index (χ0v) is 14.5. The van der Waals surface area contributed by atoms with E-state index in [0.29, 0.717) is 18.7 Å². The van der Waals surface area contributed by atoms with Gasteiger partial charge in [-0.15, -0.1) is 5.10 Å². The average molecular weight is 361 g/mol. The van der Waals surface area contributed by atoms with E-state index in [9.17, 15) is 4.79 Å². The second kappa shape index (κ2) is 8.06. The fourth-order valence-electron chi connectivity index (χ4n) is 2.28. The number of anilines is 1. The Bertz CT molecular complexity index is 843. The quantitative estimate of drug-likeness (QED) is 0.522. The van der Waals surface area contributed by atoms with Crippen molar-refractivity contribution in [2.45, 2.75) is 0 Å². The number of nitrogens with zero attached hydrogens (tertiary/aromatic N) is 3. The van der Waals surface area contributed by atoms with Crippen molar-refractivity contribution in [2.24, 2.45) is 0 Å². The van der Waals surface area contributed by atoms with Crippen LogP contribution in [0.3, 0.4) is 0 Å². The molecule has 0 fully saturated rings. The van der Waals surface area contributed by atoms with E-state index in [0.717, 1.165) is 21.3 Å². The van der Waals surface area contributed by atoms with Crippen LogP contribution in [0.1, 0.15) is 10.4 Å². The molecule has 0 saturated carbocycles. The van der Waals surface area contributed by atoms with Gasteiger partial charge >= 0.3 is 0 Å². The summed E-state index contributed by atoms with van der Waals surface area (Å²) in [7, 11) is 1.65. The Kier molecular flexibility index (Phi) is 5.59. The van der Waals surface area contributed by atoms with Crippen LogP contribution in [-0.4, -0.2) is 59.0 Å². The number of imidazole rings is 1. The van der Waals surface area contributed by atoms with Gasteiger partial charge in [0.05, 0.1) is 25.1 Å². The van der Waals surface area contributed by atoms with E-state index < -0.39 is 0 Å². The smallest absolute Gasteiger partial charge is 0.251 e. The molecule has 0 unspecified atom stereocenters. The predicted octanol–water partition coefficient (Wildman–Crippen LogP) is 1.24. The first-order valence-corrected chi connectivity index (χ1v) is 8.61. The highest BCUT2D eigenvalue weighted by Crippen LogP contribution is 2.26. The second-order valence-electron chi connectivity index (χ2n) is 5.22. The topological polar surface area (TPSA) is 101 Å². The van der Waals surface area contributed by atoms with Crippen LogP contribution in [0, 0.1) is 0 Å². The summed E-state index contributed by atoms with van der Waals surface area (Å²) in [6.45, 7) is 1.44. The number of aliphatic hydroxyl groups excluding tert-OH is 1. The Morgan fingerprint density at radius 2 is 2.12 bits per heavy atom. The van der Waals surface area contributed by atoms with Gasteiger partial charge in [0.2, 0.25) is 10.1 Å². The van der Waals surface area contributed by atoms with Gasteiger partial charge in [-0.25, -0.2) is 9.50 Å². The summed E-state index contributed by atoms with van der Waals surface area (Å²) in [5.41, 5.74) is 2.31. The highest BCUT2D eigenvalue weighted by atomic mass is 32.1. The number of benzene rings is 1. The van der Waals surface area contributed by atoms with Gasteiger partial charge in [-0.1, -0.05) is 23.5 Å². The highest BCUT2D eigenvalue weighted by molar-refractivity contribution is 7.20. The van der Waals surface area contributed by atoms with Crippen LogP contribution in [0.4, 0.5) is 5.13 Å². The number of carbonyl (C=O) groups excluding carboxylic acids is 1. The van der Waals surface area contributed by atoms with Crippen molar-refractivity contribution in [3.8, 4) is 11.3 Å². The molecule has 132 valence electrons. The summed E-state index contributed by atoms with van der Waals surface area (Å²) in [5, 5.41) is 19.9. The van der Waals surface area contributed by atoms with Crippen molar-refractivity contribution in [1.82, 2.24) is 19.9 Å². The number of nitrogens with one attached hydrogen (secondary N) is 2. The van der Waals surface area contributed by atoms with E-state index >= 15 is 0 Å². The summed E-state index contributed by atoms with van der Waals surface area (Å²) in [5.74, 6) is -0.211. The van der Waals surface area contributed by atoms with Crippen molar-refractivity contribution in [3.05, 3.63) is 36.0 Å². The molecule has 0 spiro atoms. The van der Waals surface area contributed by atoms with Crippen LogP contribution in [0.2, 0.25) is 0 Å². The zero-order valence-electron chi connectivity index (χ0n) is 13.7. The Labute approximate surface area is 148 Å². The standard InChI is InChI=1S/C16H19N5O3S/c1-24-9-7-18-15-20-21-13(10-19-16(21)25-15)11-2-4-12(5-3-11)14(23)17-6-8-22/h2-5,10,22H,6-9H2,1H3,(H,17,23)(H,18,20). The molecule has 0 aliphatic rings. The minimum absolute atomic E-state index is 0.0811. The Balaban J connectivity index is 1.78. The lowest BCUT2D eigenvalue weighted by atomic mass is 10.1. The van der Waals surface area contributed by atoms with Gasteiger partial charge in [0, 0.05) is 31.3 Å². The molecule has 9 heteroatoms. The fraction of sp³-hybridized carbons (Fsp3) is 0.312. The summed E-state index contributed by atoms with van der Waals surface area (Å²) < 4.78 is 6.79. The van der Waals surface area contributed by atoms with E-state index in [2.05, 4.69) is 20.7 Å². The van der Waals surface area contributed by atoms with Gasteiger partial charge in [0.1, 0.15) is 0 Å². The van der Waals surface area contributed by atoms with Crippen molar-refractivity contribution >= 4 is 27.3 Å². The van der Waals surface area contributed by atoms with Crippen molar-refractivity contribution in [2.75, 3.05) is 38.7 Å². The molecule has 3 rings (SSSR count). The monoisotopic (exact) mass is 361 g/mol. The lowest BCUT2D eigenvalue weighted by molar-refractivity contribution is 0.0945. The lowest BCUT2D eigenvalue weighted by Crippen LogP contribution is -2.26. The third-order valence-electron chi connectivity index (χ3n) is 3.51. The van der Waals surface area contributed by atoms with Crippen LogP contribution in [0.15, 0.2) is 30.5 Å². The maximum atomic E-state index is 11.9. The first-order chi connectivity index (χ1) is 12.2. The maximum absolute atomic E-state index is 11.9. The number of hydrogen-bond donors (Lipinski definition) is 3. The van der Waals surface area contributed by atoms with Gasteiger partial charge in [0.25, 0.3) is 5.91 Å². The molecule has 2 heterocycles. The number of hydrogen-bond acceptors (Lipinski definition) is 7. The first kappa shape index (κ1) is 17.3. The highest BCUT2D eigenvalue weighted by Gasteiger charge is 2.12. The van der Waals surface area contributed by atoms with E-state index in [1.165, 1.54) is 11.3 Å². The number of ether oxygens (including phenoxy) is 1. The van der Waals surface area contributed by atoms with Gasteiger partial charge < -0.3 is 20.5 Å². The molecule has 0 radical (unpaired) electrons. The second-order valence-corrected chi connectivity index (χ2v) is 6.18. The van der Waals surface area contributed by atoms with Crippen molar-refractivity contribution < 1.29 is 14.6 Å². The van der Waals surface area contributed by atoms with E-state index in [1.807, 2.05) is 12.1 Å². The van der Waals surface area contributed by atoms with Gasteiger partial charge in [-0.3, -0.25) is 4.79 Å².